The highest BCUT2D eigenvalue weighted by Gasteiger charge is 2.13. The Morgan fingerprint density at radius 3 is 2.75 bits per heavy atom. The number of nitrogens with zero attached hydrogens (tertiary/aromatic N) is 4. The van der Waals surface area contributed by atoms with Gasteiger partial charge in [-0.1, -0.05) is 59.4 Å². The minimum Gasteiger partial charge on any atom is -0.339 e. The van der Waals surface area contributed by atoms with Crippen LogP contribution in [0.15, 0.2) is 68.8 Å². The lowest BCUT2D eigenvalue weighted by Crippen LogP contribution is -2.12. The van der Waals surface area contributed by atoms with Crippen LogP contribution in [-0.4, -0.2) is 26.0 Å². The van der Waals surface area contributed by atoms with Crippen LogP contribution in [0.2, 0.25) is 0 Å². The van der Waals surface area contributed by atoms with Crippen molar-refractivity contribution in [1.29, 1.82) is 0 Å². The fourth-order valence-electron chi connectivity index (χ4n) is 2.96. The third-order valence-electron chi connectivity index (χ3n) is 4.50. The van der Waals surface area contributed by atoms with Gasteiger partial charge in [-0.2, -0.15) is 4.98 Å². The first-order chi connectivity index (χ1) is 15.7. The van der Waals surface area contributed by atoms with Crippen LogP contribution in [0.4, 0.5) is 5.13 Å². The Morgan fingerprint density at radius 1 is 1.03 bits per heavy atom. The zero-order valence-corrected chi connectivity index (χ0v) is 19.2. The average molecular weight is 480 g/mol. The first-order valence-corrected chi connectivity index (χ1v) is 12.5. The molecule has 0 saturated carbocycles. The summed E-state index contributed by atoms with van der Waals surface area (Å²) in [5.74, 6) is 1.47. The van der Waals surface area contributed by atoms with Crippen LogP contribution < -0.4 is 5.32 Å². The molecular weight excluding hydrogens is 462 g/mol. The molecule has 7 nitrogen and oxygen atoms in total. The predicted molar refractivity (Wildman–Crippen MR) is 128 cm³/mol. The van der Waals surface area contributed by atoms with E-state index in [4.69, 9.17) is 4.52 Å². The van der Waals surface area contributed by atoms with Gasteiger partial charge < -0.3 is 9.84 Å². The van der Waals surface area contributed by atoms with Gasteiger partial charge in [-0.25, -0.2) is 9.97 Å². The van der Waals surface area contributed by atoms with E-state index in [-0.39, 0.29) is 12.3 Å². The van der Waals surface area contributed by atoms with Gasteiger partial charge in [0.25, 0.3) is 0 Å². The van der Waals surface area contributed by atoms with Crippen LogP contribution in [0.1, 0.15) is 18.1 Å². The third kappa shape index (κ3) is 5.04. The number of thiazole rings is 2. The molecule has 0 aliphatic rings. The average Bonchev–Trinajstić information content (AvgIpc) is 3.56. The van der Waals surface area contributed by atoms with Crippen LogP contribution in [0.25, 0.3) is 21.5 Å². The van der Waals surface area contributed by atoms with Crippen molar-refractivity contribution < 1.29 is 9.32 Å². The topological polar surface area (TPSA) is 93.8 Å². The number of rotatable bonds is 8. The van der Waals surface area contributed by atoms with E-state index in [1.54, 1.807) is 23.1 Å². The summed E-state index contributed by atoms with van der Waals surface area (Å²) < 4.78 is 7.42. The molecule has 1 amide bonds. The van der Waals surface area contributed by atoms with E-state index in [2.05, 4.69) is 31.5 Å². The lowest BCUT2D eigenvalue weighted by molar-refractivity contribution is -0.116. The summed E-state index contributed by atoms with van der Waals surface area (Å²) in [4.78, 5) is 25.7. The highest BCUT2D eigenvalue weighted by atomic mass is 32.2. The SMILES string of the molecule is O=C(CCc1nc(CSc2nc3ccccc3s2)no1)Nc1nc(-c2ccccc2)cs1. The summed E-state index contributed by atoms with van der Waals surface area (Å²) in [6, 6.07) is 17.9. The molecule has 2 aromatic carbocycles. The van der Waals surface area contributed by atoms with E-state index in [9.17, 15) is 4.79 Å². The van der Waals surface area contributed by atoms with Crippen molar-refractivity contribution in [2.45, 2.75) is 22.9 Å². The molecule has 5 rings (SSSR count). The van der Waals surface area contributed by atoms with Crippen molar-refractivity contribution >= 4 is 55.7 Å². The molecule has 5 aromatic rings. The number of anilines is 1. The maximum Gasteiger partial charge on any atom is 0.227 e. The Labute approximate surface area is 195 Å². The Kier molecular flexibility index (Phi) is 6.24. The molecule has 3 aromatic heterocycles. The number of aromatic nitrogens is 4. The zero-order valence-electron chi connectivity index (χ0n) is 16.7. The van der Waals surface area contributed by atoms with Crippen molar-refractivity contribution in [2.24, 2.45) is 0 Å². The molecule has 0 unspecified atom stereocenters. The summed E-state index contributed by atoms with van der Waals surface area (Å²) >= 11 is 4.62. The molecule has 32 heavy (non-hydrogen) atoms. The molecule has 160 valence electrons. The summed E-state index contributed by atoms with van der Waals surface area (Å²) in [6.45, 7) is 0. The number of benzene rings is 2. The van der Waals surface area contributed by atoms with Crippen LogP contribution in [0, 0.1) is 0 Å². The minimum atomic E-state index is -0.137. The van der Waals surface area contributed by atoms with Crippen LogP contribution >= 0.6 is 34.4 Å². The van der Waals surface area contributed by atoms with Gasteiger partial charge >= 0.3 is 0 Å². The monoisotopic (exact) mass is 479 g/mol. The van der Waals surface area contributed by atoms with Crippen LogP contribution in [0.5, 0.6) is 0 Å². The molecule has 0 atom stereocenters. The number of carbonyl (C=O) groups is 1. The van der Waals surface area contributed by atoms with Gasteiger partial charge in [0.05, 0.1) is 21.7 Å². The van der Waals surface area contributed by atoms with Crippen molar-refractivity contribution in [1.82, 2.24) is 20.1 Å². The number of hydrogen-bond acceptors (Lipinski definition) is 9. The Hall–Kier alpha value is -3.08. The largest absolute Gasteiger partial charge is 0.339 e. The van der Waals surface area contributed by atoms with Gasteiger partial charge in [0.2, 0.25) is 11.8 Å². The van der Waals surface area contributed by atoms with Gasteiger partial charge in [-0.3, -0.25) is 4.79 Å². The number of nitrogens with one attached hydrogen (secondary N) is 1. The molecule has 0 aliphatic carbocycles. The first kappa shape index (κ1) is 20.8. The fourth-order valence-corrected chi connectivity index (χ4v) is 5.61. The lowest BCUT2D eigenvalue weighted by atomic mass is 10.2. The standard InChI is InChI=1S/C22H17N5O2S3/c28-19(26-21-23-16(12-30-21)14-6-2-1-3-7-14)10-11-20-25-18(27-29-20)13-31-22-24-15-8-4-5-9-17(15)32-22/h1-9,12H,10-11,13H2,(H,23,26,28). The molecule has 0 spiro atoms. The number of thioether (sulfide) groups is 1. The van der Waals surface area contributed by atoms with E-state index < -0.39 is 0 Å². The number of hydrogen-bond donors (Lipinski definition) is 1. The molecule has 1 N–H and O–H groups in total. The van der Waals surface area contributed by atoms with E-state index >= 15 is 0 Å². The molecule has 10 heteroatoms. The minimum absolute atomic E-state index is 0.137. The van der Waals surface area contributed by atoms with Crippen molar-refractivity contribution in [2.75, 3.05) is 5.32 Å². The van der Waals surface area contributed by atoms with E-state index in [1.165, 1.54) is 11.3 Å². The van der Waals surface area contributed by atoms with Crippen molar-refractivity contribution in [3.63, 3.8) is 0 Å². The number of para-hydroxylation sites is 1. The molecule has 0 radical (unpaired) electrons. The quantitative estimate of drug-likeness (QED) is 0.287. The van der Waals surface area contributed by atoms with Gasteiger partial charge in [0.15, 0.2) is 15.3 Å². The number of aryl methyl sites for hydroxylation is 1. The highest BCUT2D eigenvalue weighted by molar-refractivity contribution is 8.00. The van der Waals surface area contributed by atoms with E-state index in [0.29, 0.717) is 29.0 Å². The van der Waals surface area contributed by atoms with Crippen molar-refractivity contribution in [3.8, 4) is 11.3 Å². The summed E-state index contributed by atoms with van der Waals surface area (Å²) in [7, 11) is 0. The smallest absolute Gasteiger partial charge is 0.227 e. The van der Waals surface area contributed by atoms with Gasteiger partial charge in [-0.05, 0) is 12.1 Å². The van der Waals surface area contributed by atoms with Gasteiger partial charge in [0, 0.05) is 23.8 Å². The Morgan fingerprint density at radius 2 is 1.88 bits per heavy atom. The molecule has 0 aliphatic heterocycles. The van der Waals surface area contributed by atoms with Crippen molar-refractivity contribution in [3.05, 3.63) is 71.7 Å². The zero-order chi connectivity index (χ0) is 21.8. The Bertz CT molecular complexity index is 1310. The van der Waals surface area contributed by atoms with Gasteiger partial charge in [0.1, 0.15) is 0 Å². The number of amides is 1. The Balaban J connectivity index is 1.11. The van der Waals surface area contributed by atoms with E-state index in [1.807, 2.05) is 53.9 Å². The molecule has 0 bridgehead atoms. The predicted octanol–water partition coefficient (Wildman–Crippen LogP) is 5.67. The third-order valence-corrected chi connectivity index (χ3v) is 7.43. The maximum absolute atomic E-state index is 12.3. The number of carbonyl (C=O) groups excluding carboxylic acids is 1. The van der Waals surface area contributed by atoms with Gasteiger partial charge in [-0.15, -0.1) is 22.7 Å². The van der Waals surface area contributed by atoms with E-state index in [0.717, 1.165) is 25.8 Å². The molecule has 0 saturated heterocycles. The van der Waals surface area contributed by atoms with Crippen LogP contribution in [-0.2, 0) is 17.0 Å². The second-order valence-electron chi connectivity index (χ2n) is 6.79. The molecule has 3 heterocycles. The fraction of sp³-hybridized carbons (Fsp3) is 0.136. The second kappa shape index (κ2) is 9.60. The highest BCUT2D eigenvalue weighted by Crippen LogP contribution is 2.31. The first-order valence-electron chi connectivity index (χ1n) is 9.83. The number of fused-ring (bicyclic) bond motifs is 1. The summed E-state index contributed by atoms with van der Waals surface area (Å²) in [5, 5.41) is 9.35. The molecule has 0 fully saturated rings. The summed E-state index contributed by atoms with van der Waals surface area (Å²) in [5.41, 5.74) is 2.86. The van der Waals surface area contributed by atoms with Crippen LogP contribution in [0.3, 0.4) is 0 Å². The normalized spacial score (nSPS) is 11.1. The second-order valence-corrected chi connectivity index (χ2v) is 9.90. The summed E-state index contributed by atoms with van der Waals surface area (Å²) in [6.07, 6.45) is 0.619. The molecular formula is C22H17N5O2S3. The lowest BCUT2D eigenvalue weighted by Gasteiger charge is -1.99. The maximum atomic E-state index is 12.3.